The number of hydrogen-bond donors (Lipinski definition) is 2. The zero-order valence-corrected chi connectivity index (χ0v) is 10.7. The summed E-state index contributed by atoms with van der Waals surface area (Å²) < 4.78 is 0. The quantitative estimate of drug-likeness (QED) is 0.864. The Morgan fingerprint density at radius 3 is 2.50 bits per heavy atom. The molecule has 1 saturated heterocycles. The fraction of sp³-hybridized carbons (Fsp3) is 0.500. The molecule has 1 fully saturated rings. The lowest BCUT2D eigenvalue weighted by atomic mass is 10.0. The number of benzene rings is 1. The van der Waals surface area contributed by atoms with Crippen LogP contribution >= 0.6 is 0 Å². The molecule has 1 heterocycles. The topological polar surface area (TPSA) is 52.6 Å². The molecule has 0 unspecified atom stereocenters. The standard InChI is InChI=1S/C14H20N2O2/c1-11(12-5-3-2-4-6-12)15-13-7-9-16(10-8-13)14(17)18/h2-6,11,13,15H,7-10H2,1H3,(H,17,18)/t11-/m1/s1. The molecule has 1 atom stereocenters. The lowest BCUT2D eigenvalue weighted by Gasteiger charge is -2.32. The Balaban J connectivity index is 1.83. The Hall–Kier alpha value is -1.55. The number of amides is 1. The maximum Gasteiger partial charge on any atom is 0.407 e. The Kier molecular flexibility index (Phi) is 4.20. The molecule has 1 aliphatic heterocycles. The third-order valence-electron chi connectivity index (χ3n) is 3.55. The van der Waals surface area contributed by atoms with Crippen molar-refractivity contribution in [1.82, 2.24) is 10.2 Å². The molecule has 2 rings (SSSR count). The number of piperidine rings is 1. The van der Waals surface area contributed by atoms with E-state index in [1.807, 2.05) is 18.2 Å². The highest BCUT2D eigenvalue weighted by atomic mass is 16.4. The predicted molar refractivity (Wildman–Crippen MR) is 70.6 cm³/mol. The van der Waals surface area contributed by atoms with Crippen LogP contribution in [0.15, 0.2) is 30.3 Å². The Morgan fingerprint density at radius 2 is 1.94 bits per heavy atom. The molecule has 4 heteroatoms. The minimum absolute atomic E-state index is 0.313. The molecule has 0 spiro atoms. The normalized spacial score (nSPS) is 18.6. The summed E-state index contributed by atoms with van der Waals surface area (Å²) in [6.07, 6.45) is 0.983. The van der Waals surface area contributed by atoms with Gasteiger partial charge in [0.05, 0.1) is 0 Å². The van der Waals surface area contributed by atoms with Gasteiger partial charge in [-0.15, -0.1) is 0 Å². The summed E-state index contributed by atoms with van der Waals surface area (Å²) in [5.74, 6) is 0. The molecule has 0 saturated carbocycles. The van der Waals surface area contributed by atoms with Crippen LogP contribution in [0.3, 0.4) is 0 Å². The van der Waals surface area contributed by atoms with E-state index in [2.05, 4.69) is 24.4 Å². The highest BCUT2D eigenvalue weighted by Gasteiger charge is 2.23. The number of rotatable bonds is 3. The highest BCUT2D eigenvalue weighted by Crippen LogP contribution is 2.17. The lowest BCUT2D eigenvalue weighted by molar-refractivity contribution is 0.128. The van der Waals surface area contributed by atoms with Crippen LogP contribution < -0.4 is 5.32 Å². The van der Waals surface area contributed by atoms with Gasteiger partial charge in [0.1, 0.15) is 0 Å². The molecule has 18 heavy (non-hydrogen) atoms. The van der Waals surface area contributed by atoms with Gasteiger partial charge in [0.2, 0.25) is 0 Å². The van der Waals surface area contributed by atoms with Gasteiger partial charge < -0.3 is 15.3 Å². The highest BCUT2D eigenvalue weighted by molar-refractivity contribution is 5.65. The monoisotopic (exact) mass is 248 g/mol. The molecule has 0 aromatic heterocycles. The summed E-state index contributed by atoms with van der Waals surface area (Å²) in [6, 6.07) is 11.1. The molecule has 0 aliphatic carbocycles. The Bertz CT molecular complexity index is 386. The average Bonchev–Trinajstić information content (AvgIpc) is 2.40. The van der Waals surface area contributed by atoms with Gasteiger partial charge in [-0.2, -0.15) is 0 Å². The smallest absolute Gasteiger partial charge is 0.407 e. The van der Waals surface area contributed by atoms with Gasteiger partial charge in [-0.05, 0) is 25.3 Å². The fourth-order valence-corrected chi connectivity index (χ4v) is 2.43. The third-order valence-corrected chi connectivity index (χ3v) is 3.55. The second-order valence-electron chi connectivity index (χ2n) is 4.84. The van der Waals surface area contributed by atoms with Crippen LogP contribution in [0.25, 0.3) is 0 Å². The lowest BCUT2D eigenvalue weighted by Crippen LogP contribution is -2.45. The second kappa shape index (κ2) is 5.87. The SMILES string of the molecule is C[C@@H](NC1CCN(C(=O)O)CC1)c1ccccc1. The Morgan fingerprint density at radius 1 is 1.33 bits per heavy atom. The van der Waals surface area contributed by atoms with E-state index in [-0.39, 0.29) is 0 Å². The minimum atomic E-state index is -0.801. The van der Waals surface area contributed by atoms with Gasteiger partial charge in [0.25, 0.3) is 0 Å². The minimum Gasteiger partial charge on any atom is -0.465 e. The maximum absolute atomic E-state index is 10.8. The van der Waals surface area contributed by atoms with Gasteiger partial charge in [-0.3, -0.25) is 0 Å². The van der Waals surface area contributed by atoms with E-state index in [4.69, 9.17) is 5.11 Å². The van der Waals surface area contributed by atoms with Crippen molar-refractivity contribution in [3.05, 3.63) is 35.9 Å². The summed E-state index contributed by atoms with van der Waals surface area (Å²) in [5, 5.41) is 12.5. The first kappa shape index (κ1) is 12.9. The first-order valence-electron chi connectivity index (χ1n) is 6.45. The van der Waals surface area contributed by atoms with Crippen molar-refractivity contribution in [1.29, 1.82) is 0 Å². The molecular weight excluding hydrogens is 228 g/mol. The van der Waals surface area contributed by atoms with Crippen molar-refractivity contribution >= 4 is 6.09 Å². The number of hydrogen-bond acceptors (Lipinski definition) is 2. The molecule has 4 nitrogen and oxygen atoms in total. The van der Waals surface area contributed by atoms with Crippen molar-refractivity contribution in [2.45, 2.75) is 31.8 Å². The molecule has 1 amide bonds. The summed E-state index contributed by atoms with van der Waals surface area (Å²) in [4.78, 5) is 12.3. The molecule has 98 valence electrons. The molecule has 1 aromatic rings. The molecular formula is C14H20N2O2. The average molecular weight is 248 g/mol. The van der Waals surface area contributed by atoms with Crippen molar-refractivity contribution in [2.75, 3.05) is 13.1 Å². The molecule has 0 bridgehead atoms. The van der Waals surface area contributed by atoms with E-state index in [0.29, 0.717) is 25.2 Å². The second-order valence-corrected chi connectivity index (χ2v) is 4.84. The van der Waals surface area contributed by atoms with Crippen LogP contribution in [0.4, 0.5) is 4.79 Å². The van der Waals surface area contributed by atoms with E-state index in [1.54, 1.807) is 0 Å². The van der Waals surface area contributed by atoms with Gasteiger partial charge in [0.15, 0.2) is 0 Å². The zero-order valence-electron chi connectivity index (χ0n) is 10.7. The fourth-order valence-electron chi connectivity index (χ4n) is 2.43. The zero-order chi connectivity index (χ0) is 13.0. The predicted octanol–water partition coefficient (Wildman–Crippen LogP) is 2.48. The first-order valence-corrected chi connectivity index (χ1v) is 6.45. The van der Waals surface area contributed by atoms with Crippen LogP contribution in [0.2, 0.25) is 0 Å². The van der Waals surface area contributed by atoms with E-state index in [0.717, 1.165) is 12.8 Å². The molecule has 1 aliphatic rings. The summed E-state index contributed by atoms with van der Waals surface area (Å²) in [5.41, 5.74) is 1.28. The number of nitrogens with one attached hydrogen (secondary N) is 1. The largest absolute Gasteiger partial charge is 0.465 e. The van der Waals surface area contributed by atoms with Crippen molar-refractivity contribution in [2.24, 2.45) is 0 Å². The molecule has 1 aromatic carbocycles. The van der Waals surface area contributed by atoms with Crippen molar-refractivity contribution < 1.29 is 9.90 Å². The van der Waals surface area contributed by atoms with Crippen LogP contribution in [0.1, 0.15) is 31.4 Å². The number of carboxylic acid groups (broad SMARTS) is 1. The summed E-state index contributed by atoms with van der Waals surface area (Å²) >= 11 is 0. The van der Waals surface area contributed by atoms with Gasteiger partial charge >= 0.3 is 6.09 Å². The maximum atomic E-state index is 10.8. The van der Waals surface area contributed by atoms with Crippen LogP contribution in [0.5, 0.6) is 0 Å². The number of nitrogens with zero attached hydrogens (tertiary/aromatic N) is 1. The molecule has 0 radical (unpaired) electrons. The third kappa shape index (κ3) is 3.23. The summed E-state index contributed by atoms with van der Waals surface area (Å²) in [7, 11) is 0. The molecule has 2 N–H and O–H groups in total. The van der Waals surface area contributed by atoms with E-state index >= 15 is 0 Å². The van der Waals surface area contributed by atoms with Gasteiger partial charge in [0, 0.05) is 25.2 Å². The number of carbonyl (C=O) groups is 1. The van der Waals surface area contributed by atoms with Crippen LogP contribution in [-0.2, 0) is 0 Å². The van der Waals surface area contributed by atoms with Crippen LogP contribution in [0, 0.1) is 0 Å². The van der Waals surface area contributed by atoms with Gasteiger partial charge in [-0.1, -0.05) is 30.3 Å². The first-order chi connectivity index (χ1) is 8.66. The van der Waals surface area contributed by atoms with Crippen molar-refractivity contribution in [3.63, 3.8) is 0 Å². The van der Waals surface area contributed by atoms with E-state index < -0.39 is 6.09 Å². The Labute approximate surface area is 108 Å². The van der Waals surface area contributed by atoms with E-state index in [1.165, 1.54) is 10.5 Å². The van der Waals surface area contributed by atoms with E-state index in [9.17, 15) is 4.79 Å². The van der Waals surface area contributed by atoms with Crippen LogP contribution in [-0.4, -0.2) is 35.2 Å². The van der Waals surface area contributed by atoms with Gasteiger partial charge in [-0.25, -0.2) is 4.79 Å². The van der Waals surface area contributed by atoms with Crippen molar-refractivity contribution in [3.8, 4) is 0 Å². The number of likely N-dealkylation sites (tertiary alicyclic amines) is 1. The summed E-state index contributed by atoms with van der Waals surface area (Å²) in [6.45, 7) is 3.42.